The predicted molar refractivity (Wildman–Crippen MR) is 59.2 cm³/mol. The third kappa shape index (κ3) is 3.36. The molecule has 0 aliphatic carbocycles. The van der Waals surface area contributed by atoms with Crippen LogP contribution in [0.15, 0.2) is 22.2 Å². The Bertz CT molecular complexity index is 374. The Kier molecular flexibility index (Phi) is 3.94. The summed E-state index contributed by atoms with van der Waals surface area (Å²) in [4.78, 5) is 15.3. The van der Waals surface area contributed by atoms with Crippen LogP contribution < -0.4 is 34.0 Å². The van der Waals surface area contributed by atoms with Gasteiger partial charge >= 0.3 is 0 Å². The summed E-state index contributed by atoms with van der Waals surface area (Å²) in [6, 6.07) is 1.52. The minimum Gasteiger partial charge on any atom is -0.369 e. The molecule has 0 fully saturated rings. The highest BCUT2D eigenvalue weighted by molar-refractivity contribution is 5.80. The first-order chi connectivity index (χ1) is 7.65. The third-order valence-electron chi connectivity index (χ3n) is 1.38. The molecule has 16 heavy (non-hydrogen) atoms. The van der Waals surface area contributed by atoms with Gasteiger partial charge in [-0.1, -0.05) is 0 Å². The van der Waals surface area contributed by atoms with Crippen molar-refractivity contribution in [3.8, 4) is 0 Å². The van der Waals surface area contributed by atoms with Gasteiger partial charge in [0, 0.05) is 12.3 Å². The fourth-order valence-corrected chi connectivity index (χ4v) is 0.751. The predicted octanol–water partition coefficient (Wildman–Crippen LogP) is -2.70. The lowest BCUT2D eigenvalue weighted by atomic mass is 10.6. The van der Waals surface area contributed by atoms with Crippen LogP contribution >= 0.6 is 0 Å². The molecule has 86 valence electrons. The van der Waals surface area contributed by atoms with Crippen LogP contribution in [0.4, 0.5) is 11.8 Å². The van der Waals surface area contributed by atoms with E-state index in [0.717, 1.165) is 0 Å². The maximum atomic E-state index is 5.34. The van der Waals surface area contributed by atoms with E-state index < -0.39 is 0 Å². The summed E-state index contributed by atoms with van der Waals surface area (Å²) in [6.45, 7) is 0. The Morgan fingerprint density at radius 3 is 2.38 bits per heavy atom. The molecule has 0 radical (unpaired) electrons. The molecule has 0 aromatic carbocycles. The largest absolute Gasteiger partial charge is 0.369 e. The van der Waals surface area contributed by atoms with Gasteiger partial charge in [0.05, 0.1) is 0 Å². The second-order valence-corrected chi connectivity index (χ2v) is 2.50. The quantitative estimate of drug-likeness (QED) is 0.136. The molecular weight excluding hydrogens is 212 g/mol. The Morgan fingerprint density at radius 2 is 1.75 bits per heavy atom. The van der Waals surface area contributed by atoms with Crippen LogP contribution in [-0.4, -0.2) is 21.9 Å². The van der Waals surface area contributed by atoms with Gasteiger partial charge in [-0.2, -0.15) is 15.0 Å². The molecule has 1 aromatic rings. The number of guanidine groups is 2. The van der Waals surface area contributed by atoms with Crippen LogP contribution in [0.25, 0.3) is 0 Å². The van der Waals surface area contributed by atoms with Gasteiger partial charge in [-0.15, -0.1) is 0 Å². The fourth-order valence-electron chi connectivity index (χ4n) is 0.751. The van der Waals surface area contributed by atoms with Crippen molar-refractivity contribution in [1.29, 1.82) is 0 Å². The van der Waals surface area contributed by atoms with E-state index in [9.17, 15) is 0 Å². The number of hydrogen-bond acceptors (Lipinski definition) is 6. The van der Waals surface area contributed by atoms with Crippen molar-refractivity contribution in [3.63, 3.8) is 0 Å². The molecule has 0 saturated carbocycles. The van der Waals surface area contributed by atoms with Gasteiger partial charge in [-0.3, -0.25) is 10.9 Å². The second kappa shape index (κ2) is 5.43. The lowest BCUT2D eigenvalue weighted by Gasteiger charge is -1.99. The van der Waals surface area contributed by atoms with Crippen LogP contribution in [-0.2, 0) is 0 Å². The normalized spacial score (nSPS) is 12.4. The van der Waals surface area contributed by atoms with Crippen molar-refractivity contribution in [2.45, 2.75) is 0 Å². The Morgan fingerprint density at radius 1 is 1.12 bits per heavy atom. The summed E-state index contributed by atoms with van der Waals surface area (Å²) in [5.74, 6) is 10.4. The molecule has 10 N–H and O–H groups in total. The number of hydrazine groups is 2. The maximum absolute atomic E-state index is 5.34. The molecule has 0 amide bonds. The van der Waals surface area contributed by atoms with Crippen molar-refractivity contribution < 1.29 is 0 Å². The number of aliphatic imine (C=N–C) groups is 2. The summed E-state index contributed by atoms with van der Waals surface area (Å²) in [5.41, 5.74) is 15.0. The molecule has 0 aliphatic rings. The lowest BCUT2D eigenvalue weighted by Crippen LogP contribution is -2.37. The number of nitrogens with one attached hydrogen (secondary N) is 2. The van der Waals surface area contributed by atoms with Crippen molar-refractivity contribution in [2.24, 2.45) is 33.1 Å². The second-order valence-electron chi connectivity index (χ2n) is 2.50. The topological polar surface area (TPSA) is 179 Å². The average molecular weight is 224 g/mol. The van der Waals surface area contributed by atoms with Crippen LogP contribution in [0.5, 0.6) is 0 Å². The standard InChI is InChI=1S/C6H12N10/c7-4(15-9)12-3-1-2-11-6(13-3)14-5(8)16-10/h1-2H,9-10H2,(H6,7,8,11,12,13,14,15,16). The highest BCUT2D eigenvalue weighted by Crippen LogP contribution is 2.10. The molecule has 1 heterocycles. The first-order valence-electron chi connectivity index (χ1n) is 4.10. The summed E-state index contributed by atoms with van der Waals surface area (Å²) in [7, 11) is 0. The SMILES string of the molecule is NNC(N)=Nc1ccnc(/N=C(\N)NN)n1. The lowest BCUT2D eigenvalue weighted by molar-refractivity contribution is 0.989. The molecule has 10 nitrogen and oxygen atoms in total. The zero-order valence-electron chi connectivity index (χ0n) is 8.25. The molecule has 0 spiro atoms. The minimum absolute atomic E-state index is 0.0125. The van der Waals surface area contributed by atoms with Crippen LogP contribution in [0.1, 0.15) is 0 Å². The van der Waals surface area contributed by atoms with E-state index in [4.69, 9.17) is 23.2 Å². The number of nitrogens with zero attached hydrogens (tertiary/aromatic N) is 4. The van der Waals surface area contributed by atoms with Gasteiger partial charge in [0.1, 0.15) is 0 Å². The van der Waals surface area contributed by atoms with Crippen molar-refractivity contribution >= 4 is 23.7 Å². The molecule has 0 unspecified atom stereocenters. The molecule has 1 rings (SSSR count). The van der Waals surface area contributed by atoms with E-state index in [-0.39, 0.29) is 23.7 Å². The Labute approximate surface area is 90.8 Å². The first-order valence-corrected chi connectivity index (χ1v) is 4.10. The zero-order valence-corrected chi connectivity index (χ0v) is 8.25. The minimum atomic E-state index is -0.0222. The molecule has 0 saturated heterocycles. The van der Waals surface area contributed by atoms with E-state index >= 15 is 0 Å². The fraction of sp³-hybridized carbons (Fsp3) is 0. The van der Waals surface area contributed by atoms with Crippen LogP contribution in [0, 0.1) is 0 Å². The number of nitrogens with two attached hydrogens (primary N) is 4. The van der Waals surface area contributed by atoms with Gasteiger partial charge in [-0.05, 0) is 0 Å². The molecule has 1 aromatic heterocycles. The van der Waals surface area contributed by atoms with Gasteiger partial charge < -0.3 is 11.5 Å². The van der Waals surface area contributed by atoms with E-state index in [2.05, 4.69) is 30.8 Å². The van der Waals surface area contributed by atoms with Gasteiger partial charge in [-0.25, -0.2) is 16.7 Å². The highest BCUT2D eigenvalue weighted by atomic mass is 15.3. The van der Waals surface area contributed by atoms with Crippen LogP contribution in [0.3, 0.4) is 0 Å². The van der Waals surface area contributed by atoms with Gasteiger partial charge in [0.15, 0.2) is 5.82 Å². The maximum Gasteiger partial charge on any atom is 0.254 e. The number of rotatable bonds is 2. The van der Waals surface area contributed by atoms with Crippen molar-refractivity contribution in [3.05, 3.63) is 12.3 Å². The summed E-state index contributed by atoms with van der Waals surface area (Å²) in [5, 5.41) is 0. The summed E-state index contributed by atoms with van der Waals surface area (Å²) >= 11 is 0. The average Bonchev–Trinajstić information content (AvgIpc) is 2.29. The summed E-state index contributed by atoms with van der Waals surface area (Å²) in [6.07, 6.45) is 1.44. The van der Waals surface area contributed by atoms with E-state index in [0.29, 0.717) is 0 Å². The van der Waals surface area contributed by atoms with E-state index in [1.165, 1.54) is 12.3 Å². The van der Waals surface area contributed by atoms with Crippen LogP contribution in [0.2, 0.25) is 0 Å². The molecule has 0 aliphatic heterocycles. The number of hydrogen-bond donors (Lipinski definition) is 6. The monoisotopic (exact) mass is 224 g/mol. The number of aromatic nitrogens is 2. The van der Waals surface area contributed by atoms with Crippen molar-refractivity contribution in [2.75, 3.05) is 0 Å². The molecule has 10 heteroatoms. The molecule has 0 bridgehead atoms. The van der Waals surface area contributed by atoms with Gasteiger partial charge in [0.2, 0.25) is 11.9 Å². The zero-order chi connectivity index (χ0) is 12.0. The van der Waals surface area contributed by atoms with E-state index in [1.807, 2.05) is 0 Å². The summed E-state index contributed by atoms with van der Waals surface area (Å²) < 4.78 is 0. The smallest absolute Gasteiger partial charge is 0.254 e. The molecular formula is C6H12N10. The van der Waals surface area contributed by atoms with E-state index in [1.54, 1.807) is 0 Å². The molecule has 0 atom stereocenters. The highest BCUT2D eigenvalue weighted by Gasteiger charge is 1.98. The third-order valence-corrected chi connectivity index (χ3v) is 1.38. The first kappa shape index (κ1) is 11.6. The van der Waals surface area contributed by atoms with Gasteiger partial charge in [0.25, 0.3) is 5.95 Å². The van der Waals surface area contributed by atoms with Crippen molar-refractivity contribution in [1.82, 2.24) is 20.8 Å². The Balaban J connectivity index is 2.96. The Hall–Kier alpha value is -2.46.